The summed E-state index contributed by atoms with van der Waals surface area (Å²) >= 11 is 0. The number of methoxy groups -OCH3 is 1. The Balaban J connectivity index is 2.48. The van der Waals surface area contributed by atoms with Crippen molar-refractivity contribution in [2.75, 3.05) is 31.0 Å². The molecule has 6 nitrogen and oxygen atoms in total. The number of anilines is 2. The largest absolute Gasteiger partial charge is 0.447 e. The molecule has 0 saturated carbocycles. The van der Waals surface area contributed by atoms with Crippen LogP contribution in [-0.2, 0) is 14.3 Å². The third-order valence-electron chi connectivity index (χ3n) is 2.67. The number of benzene rings is 1. The van der Waals surface area contributed by atoms with Crippen LogP contribution in [0.15, 0.2) is 24.3 Å². The third kappa shape index (κ3) is 7.31. The van der Waals surface area contributed by atoms with Gasteiger partial charge in [-0.15, -0.1) is 0 Å². The number of carbonyl (C=O) groups is 2. The number of rotatable bonds is 8. The first-order valence-electron chi connectivity index (χ1n) is 6.98. The summed E-state index contributed by atoms with van der Waals surface area (Å²) < 4.78 is 9.68. The molecule has 6 heteroatoms. The monoisotopic (exact) mass is 294 g/mol. The summed E-state index contributed by atoms with van der Waals surface area (Å²) in [5.74, 6) is -0.0309. The average molecular weight is 294 g/mol. The number of hydrogen-bond acceptors (Lipinski definition) is 4. The zero-order valence-corrected chi connectivity index (χ0v) is 12.5. The van der Waals surface area contributed by atoms with E-state index < -0.39 is 6.09 Å². The van der Waals surface area contributed by atoms with E-state index in [2.05, 4.69) is 10.6 Å². The van der Waals surface area contributed by atoms with Gasteiger partial charge in [0.2, 0.25) is 5.91 Å². The molecule has 2 amide bonds. The Hall–Kier alpha value is -2.08. The average Bonchev–Trinajstić information content (AvgIpc) is 2.45. The molecule has 0 spiro atoms. The maximum atomic E-state index is 11.6. The van der Waals surface area contributed by atoms with E-state index in [0.717, 1.165) is 12.8 Å². The molecule has 0 aliphatic rings. The molecule has 0 aromatic heterocycles. The first-order valence-corrected chi connectivity index (χ1v) is 6.98. The maximum Gasteiger partial charge on any atom is 0.411 e. The van der Waals surface area contributed by atoms with E-state index in [9.17, 15) is 9.59 Å². The quantitative estimate of drug-likeness (QED) is 0.723. The number of amides is 2. The Morgan fingerprint density at radius 2 is 1.86 bits per heavy atom. The fourth-order valence-electron chi connectivity index (χ4n) is 1.61. The van der Waals surface area contributed by atoms with Gasteiger partial charge in [-0.05, 0) is 24.6 Å². The Labute approximate surface area is 124 Å². The lowest BCUT2D eigenvalue weighted by Gasteiger charge is -2.09. The Morgan fingerprint density at radius 3 is 2.52 bits per heavy atom. The minimum atomic E-state index is -0.554. The lowest BCUT2D eigenvalue weighted by Crippen LogP contribution is -2.16. The van der Waals surface area contributed by atoms with E-state index in [1.807, 2.05) is 6.92 Å². The molecule has 1 aromatic rings. The van der Waals surface area contributed by atoms with Crippen LogP contribution < -0.4 is 10.6 Å². The molecule has 116 valence electrons. The molecule has 0 unspecified atom stereocenters. The molecule has 0 fully saturated rings. The predicted molar refractivity (Wildman–Crippen MR) is 81.4 cm³/mol. The van der Waals surface area contributed by atoms with Crippen molar-refractivity contribution in [3.63, 3.8) is 0 Å². The summed E-state index contributed by atoms with van der Waals surface area (Å²) in [6.07, 6.45) is 1.77. The van der Waals surface area contributed by atoms with E-state index in [-0.39, 0.29) is 12.5 Å². The smallest absolute Gasteiger partial charge is 0.411 e. The molecular weight excluding hydrogens is 272 g/mol. The van der Waals surface area contributed by atoms with Crippen LogP contribution >= 0.6 is 0 Å². The molecule has 21 heavy (non-hydrogen) atoms. The highest BCUT2D eigenvalue weighted by Gasteiger charge is 2.05. The van der Waals surface area contributed by atoms with Crippen LogP contribution in [0.2, 0.25) is 0 Å². The van der Waals surface area contributed by atoms with Crippen molar-refractivity contribution in [2.45, 2.75) is 26.2 Å². The highest BCUT2D eigenvalue weighted by Crippen LogP contribution is 2.15. The van der Waals surface area contributed by atoms with E-state index in [0.29, 0.717) is 24.4 Å². The van der Waals surface area contributed by atoms with E-state index in [1.165, 1.54) is 7.11 Å². The molecule has 1 rings (SSSR count). The Morgan fingerprint density at radius 1 is 1.14 bits per heavy atom. The van der Waals surface area contributed by atoms with Gasteiger partial charge in [0.25, 0.3) is 0 Å². The van der Waals surface area contributed by atoms with Crippen LogP contribution in [0.4, 0.5) is 16.2 Å². The van der Waals surface area contributed by atoms with E-state index in [4.69, 9.17) is 9.47 Å². The van der Waals surface area contributed by atoms with Crippen molar-refractivity contribution in [1.29, 1.82) is 0 Å². The topological polar surface area (TPSA) is 76.7 Å². The lowest BCUT2D eigenvalue weighted by atomic mass is 10.2. The number of hydrogen-bond donors (Lipinski definition) is 2. The summed E-state index contributed by atoms with van der Waals surface area (Å²) in [5.41, 5.74) is 1.21. The summed E-state index contributed by atoms with van der Waals surface area (Å²) in [6, 6.07) is 6.92. The molecule has 0 bridgehead atoms. The zero-order chi connectivity index (χ0) is 15.5. The second-order valence-corrected chi connectivity index (χ2v) is 4.49. The second kappa shape index (κ2) is 9.77. The molecule has 1 aromatic carbocycles. The van der Waals surface area contributed by atoms with Gasteiger partial charge in [0.05, 0.1) is 6.61 Å². The first kappa shape index (κ1) is 17.0. The normalized spacial score (nSPS) is 10.0. The van der Waals surface area contributed by atoms with Crippen LogP contribution in [-0.4, -0.2) is 32.3 Å². The summed E-state index contributed by atoms with van der Waals surface area (Å²) in [6.45, 7) is 2.57. The highest BCUT2D eigenvalue weighted by molar-refractivity contribution is 5.92. The van der Waals surface area contributed by atoms with Crippen molar-refractivity contribution in [3.05, 3.63) is 24.3 Å². The fraction of sp³-hybridized carbons (Fsp3) is 0.467. The van der Waals surface area contributed by atoms with Gasteiger partial charge in [-0.2, -0.15) is 0 Å². The van der Waals surface area contributed by atoms with Gasteiger partial charge in [-0.1, -0.05) is 19.4 Å². The van der Waals surface area contributed by atoms with Gasteiger partial charge in [0, 0.05) is 24.9 Å². The van der Waals surface area contributed by atoms with Crippen LogP contribution in [0.25, 0.3) is 0 Å². The first-order chi connectivity index (χ1) is 10.2. The molecular formula is C15H22N2O4. The number of ether oxygens (including phenoxy) is 2. The van der Waals surface area contributed by atoms with Gasteiger partial charge in [0.1, 0.15) is 6.61 Å². The number of unbranched alkanes of at least 4 members (excludes halogenated alkanes) is 1. The summed E-state index contributed by atoms with van der Waals surface area (Å²) in [5, 5.41) is 5.38. The van der Waals surface area contributed by atoms with Crippen LogP contribution in [0.3, 0.4) is 0 Å². The summed E-state index contributed by atoms with van der Waals surface area (Å²) in [7, 11) is 1.53. The molecule has 0 aliphatic heterocycles. The van der Waals surface area contributed by atoms with E-state index >= 15 is 0 Å². The Bertz CT molecular complexity index is 463. The minimum absolute atomic E-state index is 0.0309. The van der Waals surface area contributed by atoms with Gasteiger partial charge in [0.15, 0.2) is 0 Å². The zero-order valence-electron chi connectivity index (χ0n) is 12.5. The van der Waals surface area contributed by atoms with Crippen molar-refractivity contribution in [2.24, 2.45) is 0 Å². The SMILES string of the molecule is CCCCC(=O)Nc1cccc(NC(=O)OCCOC)c1. The number of nitrogens with one attached hydrogen (secondary N) is 2. The van der Waals surface area contributed by atoms with Crippen LogP contribution in [0, 0.1) is 0 Å². The predicted octanol–water partition coefficient (Wildman–Crippen LogP) is 3.01. The molecule has 2 N–H and O–H groups in total. The standard InChI is InChI=1S/C15H22N2O4/c1-3-4-8-14(18)16-12-6-5-7-13(11-12)17-15(19)21-10-9-20-2/h5-7,11H,3-4,8-10H2,1-2H3,(H,16,18)(H,17,19). The van der Waals surface area contributed by atoms with Gasteiger partial charge in [-0.3, -0.25) is 10.1 Å². The molecule has 0 radical (unpaired) electrons. The van der Waals surface area contributed by atoms with Crippen molar-refractivity contribution in [3.8, 4) is 0 Å². The van der Waals surface area contributed by atoms with Crippen LogP contribution in [0.1, 0.15) is 26.2 Å². The minimum Gasteiger partial charge on any atom is -0.447 e. The van der Waals surface area contributed by atoms with Gasteiger partial charge in [-0.25, -0.2) is 4.79 Å². The summed E-state index contributed by atoms with van der Waals surface area (Å²) in [4.78, 5) is 23.1. The van der Waals surface area contributed by atoms with Gasteiger partial charge >= 0.3 is 6.09 Å². The fourth-order valence-corrected chi connectivity index (χ4v) is 1.61. The molecule has 0 saturated heterocycles. The molecule has 0 heterocycles. The lowest BCUT2D eigenvalue weighted by molar-refractivity contribution is -0.116. The van der Waals surface area contributed by atoms with Crippen molar-refractivity contribution < 1.29 is 19.1 Å². The van der Waals surface area contributed by atoms with Crippen molar-refractivity contribution >= 4 is 23.4 Å². The van der Waals surface area contributed by atoms with Gasteiger partial charge < -0.3 is 14.8 Å². The molecule has 0 aliphatic carbocycles. The van der Waals surface area contributed by atoms with Crippen molar-refractivity contribution in [1.82, 2.24) is 0 Å². The second-order valence-electron chi connectivity index (χ2n) is 4.49. The van der Waals surface area contributed by atoms with E-state index in [1.54, 1.807) is 24.3 Å². The maximum absolute atomic E-state index is 11.6. The Kier molecular flexibility index (Phi) is 7.89. The highest BCUT2D eigenvalue weighted by atomic mass is 16.6. The third-order valence-corrected chi connectivity index (χ3v) is 2.67. The van der Waals surface area contributed by atoms with Crippen LogP contribution in [0.5, 0.6) is 0 Å². The molecule has 0 atom stereocenters. The number of carbonyl (C=O) groups excluding carboxylic acids is 2.